The lowest BCUT2D eigenvalue weighted by Crippen LogP contribution is -2.01. The molecule has 0 amide bonds. The van der Waals surface area contributed by atoms with E-state index in [9.17, 15) is 5.11 Å². The first-order valence-corrected chi connectivity index (χ1v) is 13.0. The highest BCUT2D eigenvalue weighted by molar-refractivity contribution is 6.14. The Kier molecular flexibility index (Phi) is 5.64. The third-order valence-electron chi connectivity index (χ3n) is 7.32. The molecule has 2 aromatic heterocycles. The fourth-order valence-electron chi connectivity index (χ4n) is 5.49. The molecule has 1 N–H and O–H groups in total. The van der Waals surface area contributed by atoms with Crippen LogP contribution in [0.25, 0.3) is 55.0 Å². The van der Waals surface area contributed by atoms with E-state index in [0.717, 1.165) is 38.3 Å². The molecule has 0 atom stereocenters. The van der Waals surface area contributed by atoms with E-state index in [0.29, 0.717) is 17.4 Å². The second-order valence-corrected chi connectivity index (χ2v) is 10.4. The molecule has 0 bridgehead atoms. The standard InChI is InChI=1S/C34H30N2O/c1-20(2)25-10-8-11-26(21(3)4)32(25)28-18-24(30-12-5-6-16-35-30)19-29-27(28)15-14-23-17-22-9-7-13-31(37)34(22)36-33(23)29/h5-21,37H,1-4H3. The minimum atomic E-state index is 0.199. The molecule has 3 heteroatoms. The third kappa shape index (κ3) is 3.92. The van der Waals surface area contributed by atoms with Gasteiger partial charge in [-0.25, -0.2) is 4.98 Å². The van der Waals surface area contributed by atoms with Gasteiger partial charge in [0.1, 0.15) is 11.3 Å². The Morgan fingerprint density at radius 2 is 1.38 bits per heavy atom. The lowest BCUT2D eigenvalue weighted by atomic mass is 9.82. The predicted molar refractivity (Wildman–Crippen MR) is 155 cm³/mol. The normalized spacial score (nSPS) is 11.8. The molecule has 0 saturated carbocycles. The first kappa shape index (κ1) is 23.2. The molecule has 182 valence electrons. The Morgan fingerprint density at radius 3 is 2.08 bits per heavy atom. The summed E-state index contributed by atoms with van der Waals surface area (Å²) in [6, 6.07) is 29.3. The number of phenolic OH excluding ortho intramolecular Hbond substituents is 1. The quantitative estimate of drug-likeness (QED) is 0.201. The van der Waals surface area contributed by atoms with E-state index in [2.05, 4.69) is 87.3 Å². The molecule has 6 rings (SSSR count). The van der Waals surface area contributed by atoms with Crippen molar-refractivity contribution < 1.29 is 5.11 Å². The second kappa shape index (κ2) is 9.01. The molecular formula is C34H30N2O. The van der Waals surface area contributed by atoms with Crippen LogP contribution in [-0.2, 0) is 0 Å². The Bertz CT molecular complexity index is 1760. The summed E-state index contributed by atoms with van der Waals surface area (Å²) < 4.78 is 0. The monoisotopic (exact) mass is 482 g/mol. The Morgan fingerprint density at radius 1 is 0.649 bits per heavy atom. The van der Waals surface area contributed by atoms with Gasteiger partial charge in [0.2, 0.25) is 0 Å². The fourth-order valence-corrected chi connectivity index (χ4v) is 5.49. The maximum atomic E-state index is 10.6. The molecule has 4 aromatic carbocycles. The minimum absolute atomic E-state index is 0.199. The van der Waals surface area contributed by atoms with Crippen LogP contribution in [0.3, 0.4) is 0 Å². The number of fused-ring (bicyclic) bond motifs is 4. The third-order valence-corrected chi connectivity index (χ3v) is 7.32. The second-order valence-electron chi connectivity index (χ2n) is 10.4. The van der Waals surface area contributed by atoms with Crippen LogP contribution in [0.2, 0.25) is 0 Å². The van der Waals surface area contributed by atoms with Crippen LogP contribution in [0.5, 0.6) is 5.75 Å². The molecule has 2 heterocycles. The summed E-state index contributed by atoms with van der Waals surface area (Å²) in [5, 5.41) is 14.8. The Balaban J connectivity index is 1.80. The van der Waals surface area contributed by atoms with E-state index in [1.807, 2.05) is 30.5 Å². The maximum absolute atomic E-state index is 10.6. The maximum Gasteiger partial charge on any atom is 0.141 e. The van der Waals surface area contributed by atoms with Crippen LogP contribution in [0, 0.1) is 0 Å². The molecule has 0 spiro atoms. The zero-order chi connectivity index (χ0) is 25.7. The number of nitrogens with zero attached hydrogens (tertiary/aromatic N) is 2. The van der Waals surface area contributed by atoms with Gasteiger partial charge >= 0.3 is 0 Å². The van der Waals surface area contributed by atoms with Gasteiger partial charge < -0.3 is 5.11 Å². The van der Waals surface area contributed by atoms with Crippen molar-refractivity contribution >= 4 is 32.6 Å². The number of phenols is 1. The molecule has 0 saturated heterocycles. The Labute approximate surface area is 217 Å². The van der Waals surface area contributed by atoms with E-state index >= 15 is 0 Å². The van der Waals surface area contributed by atoms with Crippen molar-refractivity contribution in [3.05, 3.63) is 102 Å². The summed E-state index contributed by atoms with van der Waals surface area (Å²) in [5.41, 5.74) is 8.69. The lowest BCUT2D eigenvalue weighted by molar-refractivity contribution is 0.480. The number of hydrogen-bond donors (Lipinski definition) is 1. The van der Waals surface area contributed by atoms with Crippen LogP contribution < -0.4 is 0 Å². The van der Waals surface area contributed by atoms with Crippen molar-refractivity contribution in [3.63, 3.8) is 0 Å². The van der Waals surface area contributed by atoms with E-state index in [4.69, 9.17) is 4.98 Å². The average Bonchev–Trinajstić information content (AvgIpc) is 2.91. The van der Waals surface area contributed by atoms with Crippen LogP contribution in [0.1, 0.15) is 50.7 Å². The highest BCUT2D eigenvalue weighted by atomic mass is 16.3. The average molecular weight is 483 g/mol. The number of benzene rings is 4. The first-order chi connectivity index (χ1) is 17.9. The van der Waals surface area contributed by atoms with Gasteiger partial charge in [0.05, 0.1) is 11.2 Å². The molecule has 0 radical (unpaired) electrons. The zero-order valence-electron chi connectivity index (χ0n) is 21.7. The van der Waals surface area contributed by atoms with Gasteiger partial charge in [0.15, 0.2) is 0 Å². The topological polar surface area (TPSA) is 46.0 Å². The molecule has 0 aliphatic rings. The number of pyridine rings is 2. The molecule has 0 unspecified atom stereocenters. The van der Waals surface area contributed by atoms with Gasteiger partial charge in [-0.05, 0) is 75.9 Å². The minimum Gasteiger partial charge on any atom is -0.506 e. The predicted octanol–water partition coefficient (Wildman–Crippen LogP) is 9.22. The number of hydrogen-bond acceptors (Lipinski definition) is 3. The van der Waals surface area contributed by atoms with Crippen molar-refractivity contribution in [3.8, 4) is 28.1 Å². The summed E-state index contributed by atoms with van der Waals surface area (Å²) in [6.07, 6.45) is 1.84. The summed E-state index contributed by atoms with van der Waals surface area (Å²) in [4.78, 5) is 9.71. The van der Waals surface area contributed by atoms with Gasteiger partial charge in [-0.3, -0.25) is 4.98 Å². The number of para-hydroxylation sites is 1. The van der Waals surface area contributed by atoms with E-state index in [1.165, 1.54) is 22.3 Å². The highest BCUT2D eigenvalue weighted by Gasteiger charge is 2.20. The van der Waals surface area contributed by atoms with Gasteiger partial charge in [0.25, 0.3) is 0 Å². The smallest absolute Gasteiger partial charge is 0.141 e. The molecule has 0 fully saturated rings. The molecule has 37 heavy (non-hydrogen) atoms. The fraction of sp³-hybridized carbons (Fsp3) is 0.176. The van der Waals surface area contributed by atoms with Crippen molar-refractivity contribution in [2.45, 2.75) is 39.5 Å². The Hall–Kier alpha value is -4.24. The molecular weight excluding hydrogens is 452 g/mol. The van der Waals surface area contributed by atoms with Crippen LogP contribution in [0.4, 0.5) is 0 Å². The van der Waals surface area contributed by atoms with Crippen LogP contribution >= 0.6 is 0 Å². The summed E-state index contributed by atoms with van der Waals surface area (Å²) >= 11 is 0. The first-order valence-electron chi connectivity index (χ1n) is 13.0. The van der Waals surface area contributed by atoms with Gasteiger partial charge in [-0.15, -0.1) is 0 Å². The molecule has 0 aliphatic carbocycles. The van der Waals surface area contributed by atoms with Crippen LogP contribution in [-0.4, -0.2) is 15.1 Å². The molecule has 6 aromatic rings. The van der Waals surface area contributed by atoms with Gasteiger partial charge in [-0.1, -0.05) is 76.2 Å². The largest absolute Gasteiger partial charge is 0.506 e. The highest BCUT2D eigenvalue weighted by Crippen LogP contribution is 2.43. The van der Waals surface area contributed by atoms with E-state index < -0.39 is 0 Å². The summed E-state index contributed by atoms with van der Waals surface area (Å²) in [5.74, 6) is 0.952. The van der Waals surface area contributed by atoms with Crippen molar-refractivity contribution in [2.75, 3.05) is 0 Å². The zero-order valence-corrected chi connectivity index (χ0v) is 21.7. The summed E-state index contributed by atoms with van der Waals surface area (Å²) in [7, 11) is 0. The van der Waals surface area contributed by atoms with Crippen LogP contribution in [0.15, 0.2) is 91.1 Å². The van der Waals surface area contributed by atoms with Gasteiger partial charge in [-0.2, -0.15) is 0 Å². The van der Waals surface area contributed by atoms with Gasteiger partial charge in [0, 0.05) is 27.9 Å². The van der Waals surface area contributed by atoms with E-state index in [1.54, 1.807) is 6.07 Å². The van der Waals surface area contributed by atoms with E-state index in [-0.39, 0.29) is 5.75 Å². The molecule has 3 nitrogen and oxygen atoms in total. The molecule has 0 aliphatic heterocycles. The summed E-state index contributed by atoms with van der Waals surface area (Å²) in [6.45, 7) is 9.05. The van der Waals surface area contributed by atoms with Crippen molar-refractivity contribution in [2.24, 2.45) is 0 Å². The number of rotatable bonds is 4. The number of aromatic hydroxyl groups is 1. The van der Waals surface area contributed by atoms with Crippen molar-refractivity contribution in [1.82, 2.24) is 9.97 Å². The SMILES string of the molecule is CC(C)c1cccc(C(C)C)c1-c1cc(-c2ccccn2)cc2c1ccc1cc3cccc(O)c3nc12. The lowest BCUT2D eigenvalue weighted by Gasteiger charge is -2.22. The van der Waals surface area contributed by atoms with Crippen molar-refractivity contribution in [1.29, 1.82) is 0 Å². The number of aromatic nitrogens is 2.